The first-order valence-electron chi connectivity index (χ1n) is 6.74. The van der Waals surface area contributed by atoms with Crippen molar-refractivity contribution in [1.82, 2.24) is 0 Å². The predicted molar refractivity (Wildman–Crippen MR) is 94.4 cm³/mol. The van der Waals surface area contributed by atoms with E-state index >= 15 is 0 Å². The molecule has 5 heteroatoms. The van der Waals surface area contributed by atoms with E-state index < -0.39 is 0 Å². The Bertz CT molecular complexity index is 589. The number of nitrogens with one attached hydrogen (secondary N) is 1. The van der Waals surface area contributed by atoms with Crippen molar-refractivity contribution >= 4 is 47.0 Å². The highest BCUT2D eigenvalue weighted by molar-refractivity contribution is 6.42. The number of nitrogens with zero attached hydrogens (tertiary/aromatic N) is 1. The van der Waals surface area contributed by atoms with Crippen LogP contribution >= 0.6 is 35.6 Å². The van der Waals surface area contributed by atoms with Crippen LogP contribution in [0.3, 0.4) is 0 Å². The summed E-state index contributed by atoms with van der Waals surface area (Å²) in [7, 11) is 0. The summed E-state index contributed by atoms with van der Waals surface area (Å²) < 4.78 is 0. The van der Waals surface area contributed by atoms with Gasteiger partial charge in [-0.05, 0) is 36.8 Å². The first-order valence-corrected chi connectivity index (χ1v) is 7.49. The maximum absolute atomic E-state index is 6.04. The van der Waals surface area contributed by atoms with Crippen molar-refractivity contribution in [2.24, 2.45) is 0 Å². The zero-order valence-electron chi connectivity index (χ0n) is 11.4. The molecular formula is C16H17Cl3N2. The number of hydrogen-bond donors (Lipinski definition) is 1. The average molecular weight is 344 g/mol. The van der Waals surface area contributed by atoms with Gasteiger partial charge < -0.3 is 10.2 Å². The van der Waals surface area contributed by atoms with E-state index in [1.807, 2.05) is 24.3 Å². The van der Waals surface area contributed by atoms with Crippen LogP contribution in [-0.4, -0.2) is 19.1 Å². The van der Waals surface area contributed by atoms with Crippen LogP contribution in [0.1, 0.15) is 6.42 Å². The third-order valence-electron chi connectivity index (χ3n) is 3.60. The molecule has 1 aliphatic rings. The largest absolute Gasteiger partial charge is 0.380 e. The lowest BCUT2D eigenvalue weighted by molar-refractivity contribution is 0.807. The summed E-state index contributed by atoms with van der Waals surface area (Å²) in [6.07, 6.45) is 1.12. The molecule has 3 rings (SSSR count). The fourth-order valence-corrected chi connectivity index (χ4v) is 2.87. The molecule has 1 N–H and O–H groups in total. The number of hydrogen-bond acceptors (Lipinski definition) is 2. The van der Waals surface area contributed by atoms with E-state index in [-0.39, 0.29) is 12.4 Å². The van der Waals surface area contributed by atoms with Gasteiger partial charge in [0, 0.05) is 30.5 Å². The maximum Gasteiger partial charge on any atom is 0.0612 e. The molecular weight excluding hydrogens is 327 g/mol. The topological polar surface area (TPSA) is 15.3 Å². The summed E-state index contributed by atoms with van der Waals surface area (Å²) in [4.78, 5) is 2.40. The summed E-state index contributed by atoms with van der Waals surface area (Å²) in [5.41, 5.74) is 2.31. The van der Waals surface area contributed by atoms with E-state index in [1.54, 1.807) is 0 Å². The second-order valence-electron chi connectivity index (χ2n) is 5.04. The van der Waals surface area contributed by atoms with Crippen molar-refractivity contribution in [1.29, 1.82) is 0 Å². The van der Waals surface area contributed by atoms with Crippen LogP contribution in [-0.2, 0) is 0 Å². The van der Waals surface area contributed by atoms with Gasteiger partial charge in [0.25, 0.3) is 0 Å². The predicted octanol–water partition coefficient (Wildman–Crippen LogP) is 5.11. The molecule has 1 atom stereocenters. The third-order valence-corrected chi connectivity index (χ3v) is 4.34. The van der Waals surface area contributed by atoms with Gasteiger partial charge in [-0.3, -0.25) is 0 Å². The van der Waals surface area contributed by atoms with E-state index in [9.17, 15) is 0 Å². The molecule has 0 aromatic heterocycles. The lowest BCUT2D eigenvalue weighted by Gasteiger charge is -2.19. The van der Waals surface area contributed by atoms with Gasteiger partial charge in [0.15, 0.2) is 0 Å². The number of anilines is 2. The van der Waals surface area contributed by atoms with Gasteiger partial charge in [0.1, 0.15) is 0 Å². The molecule has 0 bridgehead atoms. The first-order chi connectivity index (χ1) is 9.72. The van der Waals surface area contributed by atoms with Gasteiger partial charge in [-0.15, -0.1) is 12.4 Å². The molecule has 1 saturated heterocycles. The summed E-state index contributed by atoms with van der Waals surface area (Å²) in [5, 5.41) is 4.71. The molecule has 0 spiro atoms. The molecule has 2 aromatic carbocycles. The van der Waals surface area contributed by atoms with Crippen molar-refractivity contribution in [3.63, 3.8) is 0 Å². The Morgan fingerprint density at radius 2 is 1.76 bits per heavy atom. The normalized spacial score (nSPS) is 17.4. The van der Waals surface area contributed by atoms with Gasteiger partial charge in [-0.2, -0.15) is 0 Å². The van der Waals surface area contributed by atoms with Crippen LogP contribution < -0.4 is 10.2 Å². The summed E-state index contributed by atoms with van der Waals surface area (Å²) in [6, 6.07) is 16.6. The fraction of sp³-hybridized carbons (Fsp3) is 0.250. The Hall–Kier alpha value is -1.09. The lowest BCUT2D eigenvalue weighted by atomic mass is 10.2. The molecule has 1 aliphatic heterocycles. The highest BCUT2D eigenvalue weighted by Crippen LogP contribution is 2.27. The summed E-state index contributed by atoms with van der Waals surface area (Å²) in [6.45, 7) is 2.08. The zero-order chi connectivity index (χ0) is 13.9. The zero-order valence-corrected chi connectivity index (χ0v) is 13.8. The number of para-hydroxylation sites is 1. The third kappa shape index (κ3) is 3.97. The number of rotatable bonds is 3. The fourth-order valence-electron chi connectivity index (χ4n) is 2.57. The minimum atomic E-state index is 0. The average Bonchev–Trinajstić information content (AvgIpc) is 2.92. The molecule has 112 valence electrons. The standard InChI is InChI=1S/C16H16Cl2N2.ClH/c17-15-7-6-12(10-16(15)18)19-13-8-9-20(11-13)14-4-2-1-3-5-14;/h1-7,10,13,19H,8-9,11H2;1H. The van der Waals surface area contributed by atoms with Gasteiger partial charge in [0.2, 0.25) is 0 Å². The van der Waals surface area contributed by atoms with Crippen LogP contribution in [0.2, 0.25) is 10.0 Å². The minimum absolute atomic E-state index is 0. The Balaban J connectivity index is 0.00000161. The van der Waals surface area contributed by atoms with Crippen LogP contribution in [0.15, 0.2) is 48.5 Å². The smallest absolute Gasteiger partial charge is 0.0612 e. The van der Waals surface area contributed by atoms with E-state index in [2.05, 4.69) is 34.5 Å². The van der Waals surface area contributed by atoms with E-state index in [0.717, 1.165) is 25.2 Å². The van der Waals surface area contributed by atoms with Crippen molar-refractivity contribution in [3.8, 4) is 0 Å². The Morgan fingerprint density at radius 1 is 1.00 bits per heavy atom. The van der Waals surface area contributed by atoms with Crippen molar-refractivity contribution in [3.05, 3.63) is 58.6 Å². The van der Waals surface area contributed by atoms with Crippen LogP contribution in [0.5, 0.6) is 0 Å². The Labute approximate surface area is 141 Å². The second kappa shape index (κ2) is 7.26. The van der Waals surface area contributed by atoms with Gasteiger partial charge >= 0.3 is 0 Å². The van der Waals surface area contributed by atoms with E-state index in [4.69, 9.17) is 23.2 Å². The Morgan fingerprint density at radius 3 is 2.48 bits per heavy atom. The first kappa shape index (κ1) is 16.3. The highest BCUT2D eigenvalue weighted by atomic mass is 35.5. The van der Waals surface area contributed by atoms with Crippen LogP contribution in [0.25, 0.3) is 0 Å². The monoisotopic (exact) mass is 342 g/mol. The maximum atomic E-state index is 6.04. The second-order valence-corrected chi connectivity index (χ2v) is 5.85. The number of benzene rings is 2. The SMILES string of the molecule is Cl.Clc1ccc(NC2CCN(c3ccccc3)C2)cc1Cl. The molecule has 21 heavy (non-hydrogen) atoms. The lowest BCUT2D eigenvalue weighted by Crippen LogP contribution is -2.25. The quantitative estimate of drug-likeness (QED) is 0.833. The van der Waals surface area contributed by atoms with Crippen molar-refractivity contribution < 1.29 is 0 Å². The molecule has 1 fully saturated rings. The van der Waals surface area contributed by atoms with Crippen molar-refractivity contribution in [2.45, 2.75) is 12.5 Å². The minimum Gasteiger partial charge on any atom is -0.380 e. The molecule has 0 radical (unpaired) electrons. The molecule has 1 heterocycles. The molecule has 2 aromatic rings. The van der Waals surface area contributed by atoms with E-state index in [0.29, 0.717) is 16.1 Å². The molecule has 0 saturated carbocycles. The molecule has 1 unspecified atom stereocenters. The summed E-state index contributed by atoms with van der Waals surface area (Å²) in [5.74, 6) is 0. The summed E-state index contributed by atoms with van der Waals surface area (Å²) >= 11 is 12.0. The Kier molecular flexibility index (Phi) is 5.63. The van der Waals surface area contributed by atoms with Crippen LogP contribution in [0, 0.1) is 0 Å². The van der Waals surface area contributed by atoms with Crippen LogP contribution in [0.4, 0.5) is 11.4 Å². The highest BCUT2D eigenvalue weighted by Gasteiger charge is 2.22. The van der Waals surface area contributed by atoms with Gasteiger partial charge in [-0.25, -0.2) is 0 Å². The molecule has 0 aliphatic carbocycles. The molecule has 2 nitrogen and oxygen atoms in total. The number of halogens is 3. The molecule has 0 amide bonds. The van der Waals surface area contributed by atoms with Gasteiger partial charge in [-0.1, -0.05) is 41.4 Å². The van der Waals surface area contributed by atoms with Crippen molar-refractivity contribution in [2.75, 3.05) is 23.3 Å². The van der Waals surface area contributed by atoms with E-state index in [1.165, 1.54) is 5.69 Å². The van der Waals surface area contributed by atoms with Gasteiger partial charge in [0.05, 0.1) is 10.0 Å².